The maximum Gasteiger partial charge on any atom is 0.306 e. The molecule has 0 bridgehead atoms. The van der Waals surface area contributed by atoms with Gasteiger partial charge in [-0.1, -0.05) is 146 Å². The first-order chi connectivity index (χ1) is 27.8. The number of carbonyl (C=O) groups is 2. The molecule has 0 spiro atoms. The summed E-state index contributed by atoms with van der Waals surface area (Å²) in [7, 11) is 0. The van der Waals surface area contributed by atoms with Crippen LogP contribution in [0.5, 0.6) is 0 Å². The summed E-state index contributed by atoms with van der Waals surface area (Å²) in [4.78, 5) is 25.3. The van der Waals surface area contributed by atoms with Crippen molar-refractivity contribution in [1.82, 2.24) is 0 Å². The topological polar surface area (TPSA) is 152 Å². The number of rotatable bonds is 37. The Balaban J connectivity index is 2.33. The van der Waals surface area contributed by atoms with Gasteiger partial charge in [0.1, 0.15) is 31.0 Å². The van der Waals surface area contributed by atoms with E-state index >= 15 is 0 Å². The van der Waals surface area contributed by atoms with Crippen LogP contribution in [0, 0.1) is 0 Å². The lowest BCUT2D eigenvalue weighted by molar-refractivity contribution is -0.305. The molecule has 1 aliphatic heterocycles. The number of aliphatic hydroxyl groups is 4. The van der Waals surface area contributed by atoms with E-state index in [1.165, 1.54) is 70.6 Å². The first-order valence-electron chi connectivity index (χ1n) is 22.7. The first-order valence-corrected chi connectivity index (χ1v) is 22.7. The monoisotopic (exact) mass is 807 g/mol. The maximum atomic E-state index is 12.8. The Hall–Kier alpha value is -2.34. The van der Waals surface area contributed by atoms with Gasteiger partial charge in [0.25, 0.3) is 0 Å². The molecule has 330 valence electrons. The van der Waals surface area contributed by atoms with Crippen LogP contribution in [0.2, 0.25) is 0 Å². The fraction of sp³-hybridized carbons (Fsp3) is 0.787. The molecule has 0 aromatic carbocycles. The van der Waals surface area contributed by atoms with E-state index in [1.807, 2.05) is 0 Å². The second-order valence-corrected chi connectivity index (χ2v) is 15.5. The van der Waals surface area contributed by atoms with E-state index in [4.69, 9.17) is 18.9 Å². The average molecular weight is 807 g/mol. The lowest BCUT2D eigenvalue weighted by atomic mass is 9.99. The second-order valence-electron chi connectivity index (χ2n) is 15.5. The minimum absolute atomic E-state index is 0.209. The van der Waals surface area contributed by atoms with Crippen molar-refractivity contribution in [3.05, 3.63) is 48.6 Å². The molecule has 4 N–H and O–H groups in total. The maximum absolute atomic E-state index is 12.8. The van der Waals surface area contributed by atoms with Crippen LogP contribution in [0.25, 0.3) is 0 Å². The first kappa shape index (κ1) is 52.7. The Morgan fingerprint density at radius 2 is 1.04 bits per heavy atom. The lowest BCUT2D eigenvalue weighted by Crippen LogP contribution is -2.59. The fourth-order valence-electron chi connectivity index (χ4n) is 6.61. The highest BCUT2D eigenvalue weighted by Gasteiger charge is 2.44. The van der Waals surface area contributed by atoms with Gasteiger partial charge in [-0.25, -0.2) is 0 Å². The van der Waals surface area contributed by atoms with E-state index in [0.717, 1.165) is 77.0 Å². The number of hydrogen-bond acceptors (Lipinski definition) is 10. The zero-order chi connectivity index (χ0) is 41.6. The van der Waals surface area contributed by atoms with Gasteiger partial charge in [-0.15, -0.1) is 0 Å². The lowest BCUT2D eigenvalue weighted by Gasteiger charge is -2.39. The SMILES string of the molecule is CC/C=C/C/C=C/C/C=C/CCCCCCCC(=O)O[C@@H](COC(=O)CCCCCCCCCCC/C=C/CCCCCC)CO[C@H]1O[C@@H](CO)[C@@H](O)C(O)C1O. The van der Waals surface area contributed by atoms with Crippen molar-refractivity contribution in [1.29, 1.82) is 0 Å². The molecule has 1 fully saturated rings. The van der Waals surface area contributed by atoms with E-state index in [-0.39, 0.29) is 32.0 Å². The number of hydrogen-bond donors (Lipinski definition) is 4. The molecule has 0 aliphatic carbocycles. The molecule has 6 atom stereocenters. The summed E-state index contributed by atoms with van der Waals surface area (Å²) in [6.45, 7) is 3.28. The van der Waals surface area contributed by atoms with E-state index in [9.17, 15) is 30.0 Å². The summed E-state index contributed by atoms with van der Waals surface area (Å²) in [6, 6.07) is 0. The zero-order valence-corrected chi connectivity index (χ0v) is 35.8. The molecular formula is C47H82O10. The van der Waals surface area contributed by atoms with E-state index < -0.39 is 49.4 Å². The number of aliphatic hydroxyl groups excluding tert-OH is 4. The Bertz CT molecular complexity index is 1070. The normalized spacial score (nSPS) is 20.7. The van der Waals surface area contributed by atoms with Crippen molar-refractivity contribution in [3.63, 3.8) is 0 Å². The van der Waals surface area contributed by atoms with E-state index in [1.54, 1.807) is 0 Å². The minimum Gasteiger partial charge on any atom is -0.462 e. The van der Waals surface area contributed by atoms with Gasteiger partial charge in [-0.3, -0.25) is 9.59 Å². The van der Waals surface area contributed by atoms with Gasteiger partial charge in [-0.2, -0.15) is 0 Å². The summed E-state index contributed by atoms with van der Waals surface area (Å²) in [5, 5.41) is 40.1. The largest absolute Gasteiger partial charge is 0.462 e. The zero-order valence-electron chi connectivity index (χ0n) is 35.8. The molecule has 1 heterocycles. The highest BCUT2D eigenvalue weighted by molar-refractivity contribution is 5.70. The van der Waals surface area contributed by atoms with Gasteiger partial charge in [0.2, 0.25) is 0 Å². The number of unbranched alkanes of at least 4 members (excludes halogenated alkanes) is 18. The fourth-order valence-corrected chi connectivity index (χ4v) is 6.61. The second kappa shape index (κ2) is 37.9. The molecule has 0 amide bonds. The van der Waals surface area contributed by atoms with Gasteiger partial charge in [-0.05, 0) is 70.6 Å². The molecule has 0 aromatic rings. The van der Waals surface area contributed by atoms with E-state index in [2.05, 4.69) is 62.5 Å². The van der Waals surface area contributed by atoms with E-state index in [0.29, 0.717) is 6.42 Å². The van der Waals surface area contributed by atoms with Crippen LogP contribution in [0.1, 0.15) is 181 Å². The van der Waals surface area contributed by atoms with Crippen LogP contribution in [-0.4, -0.2) is 89.0 Å². The molecule has 0 radical (unpaired) electrons. The van der Waals surface area contributed by atoms with Crippen molar-refractivity contribution < 1.29 is 49.0 Å². The Morgan fingerprint density at radius 1 is 0.561 bits per heavy atom. The van der Waals surface area contributed by atoms with Gasteiger partial charge in [0.15, 0.2) is 12.4 Å². The molecule has 2 unspecified atom stereocenters. The summed E-state index contributed by atoms with van der Waals surface area (Å²) in [6.07, 6.45) is 36.8. The van der Waals surface area contributed by atoms with Crippen LogP contribution >= 0.6 is 0 Å². The average Bonchev–Trinajstić information content (AvgIpc) is 3.21. The van der Waals surface area contributed by atoms with Crippen LogP contribution in [0.4, 0.5) is 0 Å². The molecule has 57 heavy (non-hydrogen) atoms. The summed E-state index contributed by atoms with van der Waals surface area (Å²) < 4.78 is 22.1. The molecule has 10 nitrogen and oxygen atoms in total. The van der Waals surface area contributed by atoms with Crippen molar-refractivity contribution in [2.24, 2.45) is 0 Å². The van der Waals surface area contributed by atoms with Crippen LogP contribution < -0.4 is 0 Å². The Morgan fingerprint density at radius 3 is 1.58 bits per heavy atom. The molecule has 1 saturated heterocycles. The van der Waals surface area contributed by atoms with Gasteiger partial charge < -0.3 is 39.4 Å². The molecule has 1 rings (SSSR count). The predicted octanol–water partition coefficient (Wildman–Crippen LogP) is 9.67. The summed E-state index contributed by atoms with van der Waals surface area (Å²) in [5.41, 5.74) is 0. The quantitative estimate of drug-likeness (QED) is 0.0271. The Labute approximate surface area is 346 Å². The number of esters is 2. The smallest absolute Gasteiger partial charge is 0.306 e. The standard InChI is InChI=1S/C47H82O10/c1-3-5-7-9-11-13-15-17-19-20-22-23-25-27-29-31-33-35-42(49)54-38-40(39-55-47-46(53)45(52)44(51)41(37-48)57-47)56-43(50)36-34-32-30-28-26-24-21-18-16-14-12-10-8-6-4-2/h6,8,12-15,18,21,40-41,44-48,51-53H,3-5,7,9-11,16-17,19-20,22-39H2,1-2H3/b8-6+,14-12+,15-13+,21-18+/t40-,41-,44+,45?,46?,47-/m0/s1. The highest BCUT2D eigenvalue weighted by atomic mass is 16.7. The van der Waals surface area contributed by atoms with Crippen LogP contribution in [-0.2, 0) is 28.5 Å². The molecule has 0 saturated carbocycles. The van der Waals surface area contributed by atoms with Crippen molar-refractivity contribution in [3.8, 4) is 0 Å². The third-order valence-electron chi connectivity index (χ3n) is 10.2. The third kappa shape index (κ3) is 29.5. The van der Waals surface area contributed by atoms with Crippen molar-refractivity contribution in [2.45, 2.75) is 218 Å². The number of allylic oxidation sites excluding steroid dienone is 8. The van der Waals surface area contributed by atoms with Gasteiger partial charge >= 0.3 is 11.9 Å². The molecule has 10 heteroatoms. The number of carbonyl (C=O) groups excluding carboxylic acids is 2. The Kier molecular flexibility index (Phi) is 35.0. The molecule has 1 aliphatic rings. The van der Waals surface area contributed by atoms with Crippen molar-refractivity contribution in [2.75, 3.05) is 19.8 Å². The summed E-state index contributed by atoms with van der Waals surface area (Å²) in [5.74, 6) is -0.829. The van der Waals surface area contributed by atoms with Gasteiger partial charge in [0.05, 0.1) is 13.2 Å². The van der Waals surface area contributed by atoms with Crippen LogP contribution in [0.15, 0.2) is 48.6 Å². The third-order valence-corrected chi connectivity index (χ3v) is 10.2. The number of ether oxygens (including phenoxy) is 4. The highest BCUT2D eigenvalue weighted by Crippen LogP contribution is 2.22. The molecular weight excluding hydrogens is 725 g/mol. The predicted molar refractivity (Wildman–Crippen MR) is 229 cm³/mol. The molecule has 0 aromatic heterocycles. The van der Waals surface area contributed by atoms with Gasteiger partial charge in [0, 0.05) is 12.8 Å². The van der Waals surface area contributed by atoms with Crippen LogP contribution in [0.3, 0.4) is 0 Å². The summed E-state index contributed by atoms with van der Waals surface area (Å²) >= 11 is 0. The van der Waals surface area contributed by atoms with Crippen molar-refractivity contribution >= 4 is 11.9 Å². The minimum atomic E-state index is -1.60.